The lowest BCUT2D eigenvalue weighted by Gasteiger charge is -2.33. The fourth-order valence-corrected chi connectivity index (χ4v) is 4.72. The molecule has 2 fully saturated rings. The molecule has 33 heavy (non-hydrogen) atoms. The normalized spacial score (nSPS) is 19.2. The first kappa shape index (κ1) is 23.0. The van der Waals surface area contributed by atoms with Gasteiger partial charge in [0.2, 0.25) is 17.7 Å². The Balaban J connectivity index is 1.28. The largest absolute Gasteiger partial charge is 0.352 e. The standard InChI is InChI=1S/C27H33N3O3/c1-19(2)22-9-6-10-24(15-22)30-18-23(16-25(30)31)27(33)29-13-11-21(12-14-29)26(32)28-17-20-7-4-3-5-8-20/h3-10,15,19,21,23H,11-14,16-18H2,1-2H3,(H,28,32)/t23-/m1/s1. The molecule has 2 aromatic rings. The number of hydrogen-bond donors (Lipinski definition) is 1. The van der Waals surface area contributed by atoms with Gasteiger partial charge in [0.05, 0.1) is 5.92 Å². The summed E-state index contributed by atoms with van der Waals surface area (Å²) in [7, 11) is 0. The first-order valence-electron chi connectivity index (χ1n) is 11.9. The molecule has 0 spiro atoms. The fraction of sp³-hybridized carbons (Fsp3) is 0.444. The lowest BCUT2D eigenvalue weighted by molar-refractivity contribution is -0.139. The number of benzene rings is 2. The molecule has 0 radical (unpaired) electrons. The van der Waals surface area contributed by atoms with Gasteiger partial charge in [-0.2, -0.15) is 0 Å². The molecule has 6 heteroatoms. The molecule has 0 aliphatic carbocycles. The number of carbonyl (C=O) groups excluding carboxylic acids is 3. The topological polar surface area (TPSA) is 69.7 Å². The van der Waals surface area contributed by atoms with Gasteiger partial charge in [-0.3, -0.25) is 14.4 Å². The Morgan fingerprint density at radius 1 is 1.00 bits per heavy atom. The molecule has 1 atom stereocenters. The van der Waals surface area contributed by atoms with Gasteiger partial charge in [0.25, 0.3) is 0 Å². The minimum atomic E-state index is -0.316. The highest BCUT2D eigenvalue weighted by Gasteiger charge is 2.38. The van der Waals surface area contributed by atoms with Crippen LogP contribution in [0, 0.1) is 11.8 Å². The van der Waals surface area contributed by atoms with E-state index in [0.29, 0.717) is 44.9 Å². The van der Waals surface area contributed by atoms with Crippen LogP contribution < -0.4 is 10.2 Å². The van der Waals surface area contributed by atoms with Crippen LogP contribution in [0.5, 0.6) is 0 Å². The zero-order valence-electron chi connectivity index (χ0n) is 19.5. The highest BCUT2D eigenvalue weighted by atomic mass is 16.2. The van der Waals surface area contributed by atoms with Gasteiger partial charge >= 0.3 is 0 Å². The first-order chi connectivity index (χ1) is 15.9. The van der Waals surface area contributed by atoms with E-state index in [1.807, 2.05) is 47.4 Å². The summed E-state index contributed by atoms with van der Waals surface area (Å²) in [5, 5.41) is 3.02. The lowest BCUT2D eigenvalue weighted by Crippen LogP contribution is -2.45. The summed E-state index contributed by atoms with van der Waals surface area (Å²) in [6.45, 7) is 6.34. The Labute approximate surface area is 196 Å². The highest BCUT2D eigenvalue weighted by molar-refractivity contribution is 6.00. The smallest absolute Gasteiger partial charge is 0.228 e. The average molecular weight is 448 g/mol. The van der Waals surface area contributed by atoms with Crippen LogP contribution in [0.2, 0.25) is 0 Å². The van der Waals surface area contributed by atoms with Gasteiger partial charge < -0.3 is 15.1 Å². The molecule has 2 aliphatic heterocycles. The molecule has 2 saturated heterocycles. The van der Waals surface area contributed by atoms with Gasteiger partial charge in [0, 0.05) is 44.2 Å². The van der Waals surface area contributed by atoms with E-state index < -0.39 is 0 Å². The van der Waals surface area contributed by atoms with Crippen molar-refractivity contribution < 1.29 is 14.4 Å². The number of nitrogens with zero attached hydrogens (tertiary/aromatic N) is 2. The summed E-state index contributed by atoms with van der Waals surface area (Å²) in [5.41, 5.74) is 3.13. The highest BCUT2D eigenvalue weighted by Crippen LogP contribution is 2.30. The van der Waals surface area contributed by atoms with Crippen molar-refractivity contribution in [3.05, 3.63) is 65.7 Å². The number of piperidine rings is 1. The van der Waals surface area contributed by atoms with Crippen molar-refractivity contribution >= 4 is 23.4 Å². The monoisotopic (exact) mass is 447 g/mol. The van der Waals surface area contributed by atoms with E-state index in [9.17, 15) is 14.4 Å². The molecule has 3 amide bonds. The summed E-state index contributed by atoms with van der Waals surface area (Å²) < 4.78 is 0. The van der Waals surface area contributed by atoms with Crippen LogP contribution in [0.4, 0.5) is 5.69 Å². The maximum absolute atomic E-state index is 13.1. The van der Waals surface area contributed by atoms with Crippen LogP contribution in [-0.2, 0) is 20.9 Å². The van der Waals surface area contributed by atoms with Crippen LogP contribution in [0.1, 0.15) is 50.2 Å². The third-order valence-corrected chi connectivity index (χ3v) is 6.81. The van der Waals surface area contributed by atoms with Crippen molar-refractivity contribution in [3.8, 4) is 0 Å². The van der Waals surface area contributed by atoms with Crippen molar-refractivity contribution in [2.75, 3.05) is 24.5 Å². The molecule has 6 nitrogen and oxygen atoms in total. The van der Waals surface area contributed by atoms with Crippen LogP contribution >= 0.6 is 0 Å². The van der Waals surface area contributed by atoms with Crippen LogP contribution in [0.25, 0.3) is 0 Å². The second kappa shape index (κ2) is 10.2. The molecule has 2 aliphatic rings. The summed E-state index contributed by atoms with van der Waals surface area (Å²) in [5.74, 6) is 0.0878. The van der Waals surface area contributed by atoms with E-state index in [4.69, 9.17) is 0 Å². The van der Waals surface area contributed by atoms with Gasteiger partial charge in [-0.15, -0.1) is 0 Å². The van der Waals surface area contributed by atoms with Gasteiger partial charge in [-0.05, 0) is 42.0 Å². The number of nitrogens with one attached hydrogen (secondary N) is 1. The molecular formula is C27H33N3O3. The molecule has 0 unspecified atom stereocenters. The minimum Gasteiger partial charge on any atom is -0.352 e. The predicted molar refractivity (Wildman–Crippen MR) is 129 cm³/mol. The number of carbonyl (C=O) groups is 3. The maximum atomic E-state index is 13.1. The SMILES string of the molecule is CC(C)c1cccc(N2C[C@H](C(=O)N3CCC(C(=O)NCc4ccccc4)CC3)CC2=O)c1. The number of likely N-dealkylation sites (tertiary alicyclic amines) is 1. The number of amides is 3. The molecule has 1 N–H and O–H groups in total. The van der Waals surface area contributed by atoms with Gasteiger partial charge in [-0.25, -0.2) is 0 Å². The average Bonchev–Trinajstić information content (AvgIpc) is 3.24. The van der Waals surface area contributed by atoms with Crippen molar-refractivity contribution in [1.29, 1.82) is 0 Å². The maximum Gasteiger partial charge on any atom is 0.228 e. The van der Waals surface area contributed by atoms with Crippen LogP contribution in [-0.4, -0.2) is 42.3 Å². The van der Waals surface area contributed by atoms with Crippen molar-refractivity contribution in [1.82, 2.24) is 10.2 Å². The van der Waals surface area contributed by atoms with Gasteiger partial charge in [0.1, 0.15) is 0 Å². The zero-order valence-corrected chi connectivity index (χ0v) is 19.5. The lowest BCUT2D eigenvalue weighted by atomic mass is 9.94. The van der Waals surface area contributed by atoms with E-state index in [1.165, 1.54) is 5.56 Å². The number of rotatable bonds is 6. The molecule has 0 aromatic heterocycles. The van der Waals surface area contributed by atoms with E-state index in [-0.39, 0.29) is 36.0 Å². The quantitative estimate of drug-likeness (QED) is 0.734. The van der Waals surface area contributed by atoms with E-state index in [2.05, 4.69) is 31.3 Å². The van der Waals surface area contributed by atoms with Crippen molar-refractivity contribution in [3.63, 3.8) is 0 Å². The Morgan fingerprint density at radius 3 is 2.42 bits per heavy atom. The summed E-state index contributed by atoms with van der Waals surface area (Å²) in [4.78, 5) is 42.0. The summed E-state index contributed by atoms with van der Waals surface area (Å²) in [6.07, 6.45) is 1.57. The molecule has 174 valence electrons. The molecule has 0 bridgehead atoms. The Hall–Kier alpha value is -3.15. The minimum absolute atomic E-state index is 0.00410. The van der Waals surface area contributed by atoms with E-state index in [1.54, 1.807) is 4.90 Å². The number of hydrogen-bond acceptors (Lipinski definition) is 3. The Bertz CT molecular complexity index is 997. The van der Waals surface area contributed by atoms with E-state index in [0.717, 1.165) is 11.3 Å². The number of anilines is 1. The van der Waals surface area contributed by atoms with Crippen LogP contribution in [0.15, 0.2) is 54.6 Å². The molecular weight excluding hydrogens is 414 g/mol. The van der Waals surface area contributed by atoms with Gasteiger partial charge in [-0.1, -0.05) is 56.3 Å². The summed E-state index contributed by atoms with van der Waals surface area (Å²) >= 11 is 0. The Kier molecular flexibility index (Phi) is 7.11. The van der Waals surface area contributed by atoms with Crippen molar-refractivity contribution in [2.45, 2.75) is 45.6 Å². The third-order valence-electron chi connectivity index (χ3n) is 6.81. The second-order valence-electron chi connectivity index (χ2n) is 9.46. The second-order valence-corrected chi connectivity index (χ2v) is 9.46. The summed E-state index contributed by atoms with van der Waals surface area (Å²) in [6, 6.07) is 17.9. The molecule has 4 rings (SSSR count). The van der Waals surface area contributed by atoms with Crippen molar-refractivity contribution in [2.24, 2.45) is 11.8 Å². The fourth-order valence-electron chi connectivity index (χ4n) is 4.72. The molecule has 2 aromatic carbocycles. The predicted octanol–water partition coefficient (Wildman–Crippen LogP) is 3.72. The van der Waals surface area contributed by atoms with Gasteiger partial charge in [0.15, 0.2) is 0 Å². The Morgan fingerprint density at radius 2 is 1.73 bits per heavy atom. The zero-order chi connectivity index (χ0) is 23.4. The molecule has 0 saturated carbocycles. The van der Waals surface area contributed by atoms with Crippen LogP contribution in [0.3, 0.4) is 0 Å². The first-order valence-corrected chi connectivity index (χ1v) is 11.9. The molecule has 2 heterocycles. The van der Waals surface area contributed by atoms with E-state index >= 15 is 0 Å². The third kappa shape index (κ3) is 5.44.